The van der Waals surface area contributed by atoms with Gasteiger partial charge in [0.05, 0.1) is 22.9 Å². The Kier molecular flexibility index (Phi) is 5.72. The zero-order valence-electron chi connectivity index (χ0n) is 14.5. The maximum atomic E-state index is 12.8. The molecule has 0 radical (unpaired) electrons. The molecule has 0 atom stereocenters. The molecular weight excluding hydrogens is 429 g/mol. The van der Waals surface area contributed by atoms with E-state index in [1.165, 1.54) is 12.1 Å². The minimum atomic E-state index is -3.89. The number of anilines is 1. The minimum absolute atomic E-state index is 0.0342. The lowest BCUT2D eigenvalue weighted by atomic mass is 10.2. The van der Waals surface area contributed by atoms with Crippen molar-refractivity contribution in [2.45, 2.75) is 25.3 Å². The summed E-state index contributed by atoms with van der Waals surface area (Å²) in [5.74, 6) is 0. The van der Waals surface area contributed by atoms with Gasteiger partial charge < -0.3 is 0 Å². The minimum Gasteiger partial charge on any atom is -0.276 e. The third kappa shape index (κ3) is 4.58. The molecule has 1 aromatic heterocycles. The third-order valence-electron chi connectivity index (χ3n) is 3.93. The van der Waals surface area contributed by atoms with E-state index < -0.39 is 10.0 Å². The average molecular weight is 445 g/mol. The van der Waals surface area contributed by atoms with E-state index in [9.17, 15) is 8.42 Å². The molecule has 0 saturated heterocycles. The Bertz CT molecular complexity index is 1110. The lowest BCUT2D eigenvalue weighted by molar-refractivity contribution is 0.601. The van der Waals surface area contributed by atoms with Gasteiger partial charge in [0.15, 0.2) is 0 Å². The quantitative estimate of drug-likeness (QED) is 0.580. The Balaban J connectivity index is 1.87. The lowest BCUT2D eigenvalue weighted by Crippen LogP contribution is -2.14. The number of aromatic nitrogens is 2. The van der Waals surface area contributed by atoms with E-state index in [2.05, 4.69) is 9.82 Å². The van der Waals surface area contributed by atoms with Crippen molar-refractivity contribution >= 4 is 50.5 Å². The SMILES string of the molecule is Cc1cc(S(=O)(=O)Nc2cn(Cc3cccc(Cl)c3)nc2C)c(Cl)cc1Cl. The maximum Gasteiger partial charge on any atom is 0.263 e. The van der Waals surface area contributed by atoms with E-state index in [4.69, 9.17) is 34.8 Å². The highest BCUT2D eigenvalue weighted by atomic mass is 35.5. The number of rotatable bonds is 5. The molecule has 3 rings (SSSR count). The molecule has 27 heavy (non-hydrogen) atoms. The van der Waals surface area contributed by atoms with E-state index in [0.29, 0.717) is 33.5 Å². The van der Waals surface area contributed by atoms with Gasteiger partial charge in [0.1, 0.15) is 4.90 Å². The van der Waals surface area contributed by atoms with Crippen LogP contribution in [0.1, 0.15) is 16.8 Å². The highest BCUT2D eigenvalue weighted by Gasteiger charge is 2.21. The van der Waals surface area contributed by atoms with Crippen molar-refractivity contribution < 1.29 is 8.42 Å². The summed E-state index contributed by atoms with van der Waals surface area (Å²) in [5.41, 5.74) is 2.49. The molecule has 0 aliphatic rings. The molecule has 1 N–H and O–H groups in total. The van der Waals surface area contributed by atoms with Crippen LogP contribution in [0.2, 0.25) is 15.1 Å². The molecular formula is C18H16Cl3N3O2S. The Morgan fingerprint density at radius 2 is 1.81 bits per heavy atom. The van der Waals surface area contributed by atoms with Crippen molar-refractivity contribution in [3.8, 4) is 0 Å². The van der Waals surface area contributed by atoms with Crippen LogP contribution in [0.4, 0.5) is 5.69 Å². The Morgan fingerprint density at radius 1 is 1.07 bits per heavy atom. The molecule has 0 aliphatic carbocycles. The van der Waals surface area contributed by atoms with E-state index in [1.54, 1.807) is 30.8 Å². The molecule has 9 heteroatoms. The van der Waals surface area contributed by atoms with Crippen molar-refractivity contribution in [1.82, 2.24) is 9.78 Å². The number of sulfonamides is 1. The van der Waals surface area contributed by atoms with Crippen molar-refractivity contribution in [1.29, 1.82) is 0 Å². The average Bonchev–Trinajstić information content (AvgIpc) is 2.89. The van der Waals surface area contributed by atoms with Gasteiger partial charge in [-0.2, -0.15) is 5.10 Å². The normalized spacial score (nSPS) is 11.6. The van der Waals surface area contributed by atoms with E-state index in [-0.39, 0.29) is 9.92 Å². The van der Waals surface area contributed by atoms with Crippen LogP contribution in [0.5, 0.6) is 0 Å². The van der Waals surface area contributed by atoms with Gasteiger partial charge in [0.2, 0.25) is 0 Å². The van der Waals surface area contributed by atoms with Gasteiger partial charge in [-0.25, -0.2) is 8.42 Å². The second-order valence-electron chi connectivity index (χ2n) is 6.09. The summed E-state index contributed by atoms with van der Waals surface area (Å²) >= 11 is 18.1. The van der Waals surface area contributed by atoms with Gasteiger partial charge in [-0.05, 0) is 49.2 Å². The highest BCUT2D eigenvalue weighted by Crippen LogP contribution is 2.30. The molecule has 0 spiro atoms. The fourth-order valence-corrected chi connectivity index (χ4v) is 4.71. The number of nitrogens with one attached hydrogen (secondary N) is 1. The molecule has 0 saturated carbocycles. The van der Waals surface area contributed by atoms with Crippen LogP contribution in [0.15, 0.2) is 47.5 Å². The Morgan fingerprint density at radius 3 is 2.52 bits per heavy atom. The number of hydrogen-bond acceptors (Lipinski definition) is 3. The highest BCUT2D eigenvalue weighted by molar-refractivity contribution is 7.92. The molecule has 0 aliphatic heterocycles. The molecule has 0 amide bonds. The summed E-state index contributed by atoms with van der Waals surface area (Å²) < 4.78 is 29.7. The summed E-state index contributed by atoms with van der Waals surface area (Å²) in [6, 6.07) is 10.3. The van der Waals surface area contributed by atoms with Crippen molar-refractivity contribution in [2.75, 3.05) is 4.72 Å². The predicted molar refractivity (Wildman–Crippen MR) is 110 cm³/mol. The predicted octanol–water partition coefficient (Wildman–Crippen LogP) is 5.31. The Hall–Kier alpha value is -1.73. The van der Waals surface area contributed by atoms with Gasteiger partial charge in [-0.15, -0.1) is 0 Å². The van der Waals surface area contributed by atoms with E-state index >= 15 is 0 Å². The number of aryl methyl sites for hydroxylation is 2. The van der Waals surface area contributed by atoms with Gasteiger partial charge in [-0.3, -0.25) is 9.40 Å². The first-order valence-electron chi connectivity index (χ1n) is 7.92. The largest absolute Gasteiger partial charge is 0.276 e. The molecule has 3 aromatic rings. The number of hydrogen-bond donors (Lipinski definition) is 1. The van der Waals surface area contributed by atoms with Crippen LogP contribution in [-0.4, -0.2) is 18.2 Å². The molecule has 142 valence electrons. The summed E-state index contributed by atoms with van der Waals surface area (Å²) in [4.78, 5) is -0.0342. The molecule has 1 heterocycles. The fraction of sp³-hybridized carbons (Fsp3) is 0.167. The van der Waals surface area contributed by atoms with Crippen LogP contribution >= 0.6 is 34.8 Å². The van der Waals surface area contributed by atoms with Crippen LogP contribution in [0, 0.1) is 13.8 Å². The van der Waals surface area contributed by atoms with Crippen molar-refractivity contribution in [3.63, 3.8) is 0 Å². The van der Waals surface area contributed by atoms with Gasteiger partial charge in [0.25, 0.3) is 10.0 Å². The first kappa shape index (κ1) is 20.0. The molecule has 0 fully saturated rings. The maximum absolute atomic E-state index is 12.8. The monoisotopic (exact) mass is 443 g/mol. The van der Waals surface area contributed by atoms with Crippen LogP contribution in [0.25, 0.3) is 0 Å². The fourth-order valence-electron chi connectivity index (χ4n) is 2.56. The second kappa shape index (κ2) is 7.72. The van der Waals surface area contributed by atoms with Crippen molar-refractivity contribution in [2.24, 2.45) is 0 Å². The van der Waals surface area contributed by atoms with Crippen LogP contribution in [0.3, 0.4) is 0 Å². The summed E-state index contributed by atoms with van der Waals surface area (Å²) in [5, 5.41) is 5.45. The van der Waals surface area contributed by atoms with Crippen molar-refractivity contribution in [3.05, 3.63) is 74.5 Å². The standard InChI is InChI=1S/C18H16Cl3N3O2S/c1-11-6-18(16(21)8-15(11)20)27(25,26)23-17-10-24(22-12(17)2)9-13-4-3-5-14(19)7-13/h3-8,10,23H,9H2,1-2H3. The summed E-state index contributed by atoms with van der Waals surface area (Å²) in [6.07, 6.45) is 1.63. The van der Waals surface area contributed by atoms with E-state index in [0.717, 1.165) is 5.56 Å². The van der Waals surface area contributed by atoms with Gasteiger partial charge >= 0.3 is 0 Å². The molecule has 5 nitrogen and oxygen atoms in total. The first-order valence-corrected chi connectivity index (χ1v) is 10.5. The first-order chi connectivity index (χ1) is 12.7. The van der Waals surface area contributed by atoms with Crippen LogP contribution in [-0.2, 0) is 16.6 Å². The molecule has 2 aromatic carbocycles. The second-order valence-corrected chi connectivity index (χ2v) is 8.99. The summed E-state index contributed by atoms with van der Waals surface area (Å²) in [7, 11) is -3.89. The zero-order chi connectivity index (χ0) is 19.8. The smallest absolute Gasteiger partial charge is 0.263 e. The summed E-state index contributed by atoms with van der Waals surface area (Å²) in [6.45, 7) is 3.90. The van der Waals surface area contributed by atoms with Gasteiger partial charge in [0, 0.05) is 16.2 Å². The molecule has 0 bridgehead atoms. The number of halogens is 3. The van der Waals surface area contributed by atoms with E-state index in [1.807, 2.05) is 18.2 Å². The zero-order valence-corrected chi connectivity index (χ0v) is 17.6. The topological polar surface area (TPSA) is 64.0 Å². The Labute approximate surface area is 172 Å². The lowest BCUT2D eigenvalue weighted by Gasteiger charge is -2.10. The third-order valence-corrected chi connectivity index (χ3v) is 6.40. The molecule has 0 unspecified atom stereocenters. The number of nitrogens with zero attached hydrogens (tertiary/aromatic N) is 2. The van der Waals surface area contributed by atoms with Gasteiger partial charge in [-0.1, -0.05) is 46.9 Å². The number of benzene rings is 2. The van der Waals surface area contributed by atoms with Crippen LogP contribution < -0.4 is 4.72 Å².